The number of carbonyl (C=O) groups excluding carboxylic acids is 2. The van der Waals surface area contributed by atoms with E-state index in [0.717, 1.165) is 29.1 Å². The number of methoxy groups -OCH3 is 1. The van der Waals surface area contributed by atoms with Crippen LogP contribution in [-0.2, 0) is 16.1 Å². The third kappa shape index (κ3) is 14.9. The van der Waals surface area contributed by atoms with Crippen LogP contribution in [0.3, 0.4) is 0 Å². The Morgan fingerprint density at radius 3 is 2.38 bits per heavy atom. The van der Waals surface area contributed by atoms with Crippen molar-refractivity contribution in [3.63, 3.8) is 0 Å². The van der Waals surface area contributed by atoms with Crippen molar-refractivity contribution in [3.05, 3.63) is 107 Å². The van der Waals surface area contributed by atoms with Gasteiger partial charge in [-0.2, -0.15) is 0 Å². The van der Waals surface area contributed by atoms with Gasteiger partial charge in [-0.1, -0.05) is 81.0 Å². The fourth-order valence-electron chi connectivity index (χ4n) is 3.01. The minimum absolute atomic E-state index is 0.155. The number of nitrogens with zero attached hydrogens (tertiary/aromatic N) is 2. The lowest BCUT2D eigenvalue weighted by molar-refractivity contribution is -0.126. The minimum atomic E-state index is -0.346. The second kappa shape index (κ2) is 20.8. The van der Waals surface area contributed by atoms with Crippen molar-refractivity contribution in [1.29, 1.82) is 0 Å². The molecule has 0 spiro atoms. The van der Waals surface area contributed by atoms with Gasteiger partial charge in [-0.25, -0.2) is 15.4 Å². The Morgan fingerprint density at radius 2 is 1.79 bits per heavy atom. The average Bonchev–Trinajstić information content (AvgIpc) is 2.95. The molecule has 0 fully saturated rings. The number of carbonyl (C=O) groups is 2. The van der Waals surface area contributed by atoms with Crippen LogP contribution in [0.2, 0.25) is 0 Å². The zero-order valence-corrected chi connectivity index (χ0v) is 23.6. The topological polar surface area (TPSA) is 123 Å². The molecule has 0 radical (unpaired) electrons. The van der Waals surface area contributed by atoms with Gasteiger partial charge in [-0.3, -0.25) is 9.59 Å². The molecule has 0 heterocycles. The highest BCUT2D eigenvalue weighted by Gasteiger charge is 2.09. The van der Waals surface area contributed by atoms with Crippen LogP contribution in [0.15, 0.2) is 89.6 Å². The number of benzene rings is 2. The molecule has 0 aliphatic rings. The summed E-state index contributed by atoms with van der Waals surface area (Å²) in [5.74, 6) is 5.51. The Bertz CT molecular complexity index is 1130. The Balaban J connectivity index is 0.00000220. The molecule has 8 nitrogen and oxygen atoms in total. The summed E-state index contributed by atoms with van der Waals surface area (Å²) in [5, 5.41) is 8.23. The van der Waals surface area contributed by atoms with Crippen LogP contribution in [0.4, 0.5) is 4.39 Å². The maximum atomic E-state index is 13.3. The largest absolute Gasteiger partial charge is 0.471 e. The molecule has 0 aliphatic carbocycles. The third-order valence-electron chi connectivity index (χ3n) is 5.08. The second-order valence-corrected chi connectivity index (χ2v) is 7.91. The second-order valence-electron chi connectivity index (χ2n) is 7.91. The van der Waals surface area contributed by atoms with Crippen molar-refractivity contribution >= 4 is 18.2 Å². The number of nitrogens with two attached hydrogens (primary N) is 2. The Hall–Kier alpha value is -4.24. The molecule has 2 aromatic carbocycles. The van der Waals surface area contributed by atoms with E-state index in [4.69, 9.17) is 16.4 Å². The SMILES string of the molecule is C=C/C(C)=C\C/C=C(\CC)CNC(=O)c1cccc(/C(N)=N/N(N)Cc2cccc(F)c2)c1.CC.COC=O. The number of rotatable bonds is 12. The lowest BCUT2D eigenvalue weighted by Gasteiger charge is -2.14. The number of amidine groups is 1. The molecule has 2 rings (SSSR count). The van der Waals surface area contributed by atoms with Crippen molar-refractivity contribution in [1.82, 2.24) is 10.4 Å². The number of allylic oxidation sites excluding steroid dienone is 4. The molecule has 5 N–H and O–H groups in total. The smallest absolute Gasteiger partial charge is 0.292 e. The van der Waals surface area contributed by atoms with Crippen LogP contribution in [0.25, 0.3) is 0 Å². The fourth-order valence-corrected chi connectivity index (χ4v) is 3.01. The lowest BCUT2D eigenvalue weighted by Crippen LogP contribution is -2.29. The summed E-state index contributed by atoms with van der Waals surface area (Å²) in [7, 11) is 1.31. The molecule has 0 atom stereocenters. The van der Waals surface area contributed by atoms with Gasteiger partial charge in [0.1, 0.15) is 5.82 Å². The first-order chi connectivity index (χ1) is 18.7. The number of amides is 1. The Labute approximate surface area is 231 Å². The standard InChI is InChI=1S/C26H32FN5O.C2H4O2.C2H6/c1-4-19(3)9-6-10-20(5-2)17-30-26(33)23-13-8-12-22(16-23)25(28)31-32(29)18-21-11-7-14-24(27)15-21;1-4-2-3;1-2/h4,7-16H,1,5-6,17-18,29H2,2-3H3,(H2,28,31)(H,30,33);2H,1H3;1-2H3/b19-9-,20-10+;;. The highest BCUT2D eigenvalue weighted by molar-refractivity contribution is 6.01. The number of hydrazone groups is 1. The highest BCUT2D eigenvalue weighted by atomic mass is 19.1. The number of ether oxygens (including phenoxy) is 1. The van der Waals surface area contributed by atoms with Crippen molar-refractivity contribution in [2.75, 3.05) is 13.7 Å². The van der Waals surface area contributed by atoms with Gasteiger partial charge in [-0.15, -0.1) is 5.10 Å². The molecule has 39 heavy (non-hydrogen) atoms. The van der Waals surface area contributed by atoms with E-state index < -0.39 is 0 Å². The number of hydrogen-bond acceptors (Lipinski definition) is 6. The first-order valence-electron chi connectivity index (χ1n) is 12.7. The van der Waals surface area contributed by atoms with E-state index in [1.807, 2.05) is 26.8 Å². The number of hydrogen-bond donors (Lipinski definition) is 3. The predicted octanol–water partition coefficient (Wildman–Crippen LogP) is 5.23. The van der Waals surface area contributed by atoms with Gasteiger partial charge in [0.15, 0.2) is 5.84 Å². The molecule has 0 saturated carbocycles. The van der Waals surface area contributed by atoms with E-state index in [2.05, 4.69) is 40.8 Å². The lowest BCUT2D eigenvalue weighted by atomic mass is 10.1. The Kier molecular flexibility index (Phi) is 18.5. The van der Waals surface area contributed by atoms with Crippen molar-refractivity contribution in [3.8, 4) is 0 Å². The molecule has 0 aliphatic heterocycles. The summed E-state index contributed by atoms with van der Waals surface area (Å²) in [6.07, 6.45) is 7.66. The normalized spacial score (nSPS) is 11.2. The van der Waals surface area contributed by atoms with Crippen LogP contribution in [0.5, 0.6) is 0 Å². The molecule has 0 bridgehead atoms. The zero-order chi connectivity index (χ0) is 29.6. The van der Waals surface area contributed by atoms with Gasteiger partial charge >= 0.3 is 0 Å². The van der Waals surface area contributed by atoms with Gasteiger partial charge in [0.05, 0.1) is 13.7 Å². The van der Waals surface area contributed by atoms with Gasteiger partial charge < -0.3 is 15.8 Å². The van der Waals surface area contributed by atoms with Crippen molar-refractivity contribution in [2.45, 2.75) is 47.1 Å². The van der Waals surface area contributed by atoms with E-state index in [9.17, 15) is 9.18 Å². The summed E-state index contributed by atoms with van der Waals surface area (Å²) in [4.78, 5) is 21.6. The van der Waals surface area contributed by atoms with E-state index in [1.54, 1.807) is 36.4 Å². The van der Waals surface area contributed by atoms with Gasteiger partial charge in [0.25, 0.3) is 12.4 Å². The molecule has 0 aromatic heterocycles. The summed E-state index contributed by atoms with van der Waals surface area (Å²) in [5.41, 5.74) is 10.0. The van der Waals surface area contributed by atoms with E-state index in [0.29, 0.717) is 29.7 Å². The molecular weight excluding hydrogens is 497 g/mol. The third-order valence-corrected chi connectivity index (χ3v) is 5.08. The van der Waals surface area contributed by atoms with Crippen molar-refractivity contribution < 1.29 is 18.7 Å². The summed E-state index contributed by atoms with van der Waals surface area (Å²) in [6, 6.07) is 12.9. The van der Waals surface area contributed by atoms with Gasteiger partial charge in [0.2, 0.25) is 0 Å². The van der Waals surface area contributed by atoms with Crippen LogP contribution in [0, 0.1) is 5.82 Å². The van der Waals surface area contributed by atoms with Crippen molar-refractivity contribution in [2.24, 2.45) is 16.7 Å². The fraction of sp³-hybridized carbons (Fsp3) is 0.300. The van der Waals surface area contributed by atoms with Crippen LogP contribution >= 0.6 is 0 Å². The molecule has 2 aromatic rings. The maximum absolute atomic E-state index is 13.3. The molecule has 212 valence electrons. The van der Waals surface area contributed by atoms with Gasteiger partial charge in [0, 0.05) is 17.7 Å². The summed E-state index contributed by atoms with van der Waals surface area (Å²) in [6.45, 7) is 12.8. The molecule has 1 amide bonds. The maximum Gasteiger partial charge on any atom is 0.292 e. The molecule has 0 unspecified atom stereocenters. The first-order valence-corrected chi connectivity index (χ1v) is 12.7. The highest BCUT2D eigenvalue weighted by Crippen LogP contribution is 2.09. The molecule has 0 saturated heterocycles. The zero-order valence-electron chi connectivity index (χ0n) is 23.6. The number of halogens is 1. The minimum Gasteiger partial charge on any atom is -0.471 e. The molecular formula is C30H42FN5O3. The number of nitrogens with one attached hydrogen (secondary N) is 1. The van der Waals surface area contributed by atoms with E-state index in [1.165, 1.54) is 19.2 Å². The summed E-state index contributed by atoms with van der Waals surface area (Å²) >= 11 is 0. The van der Waals surface area contributed by atoms with Crippen LogP contribution < -0.4 is 16.9 Å². The Morgan fingerprint density at radius 1 is 1.15 bits per heavy atom. The van der Waals surface area contributed by atoms with E-state index in [-0.39, 0.29) is 24.1 Å². The predicted molar refractivity (Wildman–Crippen MR) is 157 cm³/mol. The number of hydrazine groups is 1. The first kappa shape index (κ1) is 34.8. The van der Waals surface area contributed by atoms with E-state index >= 15 is 0 Å². The average molecular weight is 540 g/mol. The van der Waals surface area contributed by atoms with Crippen LogP contribution in [-0.4, -0.2) is 37.0 Å². The monoisotopic (exact) mass is 539 g/mol. The molecule has 9 heteroatoms. The quantitative estimate of drug-likeness (QED) is 0.0646. The summed E-state index contributed by atoms with van der Waals surface area (Å²) < 4.78 is 17.2. The van der Waals surface area contributed by atoms with Crippen LogP contribution in [0.1, 0.15) is 62.0 Å². The van der Waals surface area contributed by atoms with Gasteiger partial charge in [-0.05, 0) is 49.6 Å².